The predicted octanol–water partition coefficient (Wildman–Crippen LogP) is 2.09. The van der Waals surface area contributed by atoms with Gasteiger partial charge in [0.1, 0.15) is 5.82 Å². The molecule has 6 heteroatoms. The number of hydrogen-bond donors (Lipinski definition) is 3. The van der Waals surface area contributed by atoms with Crippen LogP contribution in [0.5, 0.6) is 0 Å². The van der Waals surface area contributed by atoms with Crippen molar-refractivity contribution < 1.29 is 4.79 Å². The highest BCUT2D eigenvalue weighted by Gasteiger charge is 2.15. The van der Waals surface area contributed by atoms with Crippen molar-refractivity contribution in [2.24, 2.45) is 0 Å². The number of rotatable bonds is 4. The summed E-state index contributed by atoms with van der Waals surface area (Å²) in [5.74, 6) is 0.625. The van der Waals surface area contributed by atoms with Crippen molar-refractivity contribution in [3.63, 3.8) is 0 Å². The molecule has 0 saturated carbocycles. The van der Waals surface area contributed by atoms with E-state index in [4.69, 9.17) is 0 Å². The topological polar surface area (TPSA) is 78.9 Å². The molecule has 23 heavy (non-hydrogen) atoms. The first-order chi connectivity index (χ1) is 11.3. The Kier molecular flexibility index (Phi) is 5.16. The van der Waals surface area contributed by atoms with E-state index < -0.39 is 0 Å². The fraction of sp³-hybridized carbons (Fsp3) is 0.353. The van der Waals surface area contributed by atoms with Crippen molar-refractivity contribution in [1.82, 2.24) is 20.6 Å². The zero-order valence-corrected chi connectivity index (χ0v) is 13.0. The lowest BCUT2D eigenvalue weighted by Gasteiger charge is -2.16. The summed E-state index contributed by atoms with van der Waals surface area (Å²) in [6.45, 7) is 1.99. The summed E-state index contributed by atoms with van der Waals surface area (Å²) in [7, 11) is 0. The molecule has 0 bridgehead atoms. The molecule has 3 rings (SSSR count). The van der Waals surface area contributed by atoms with Gasteiger partial charge in [-0.3, -0.25) is 9.78 Å². The zero-order chi connectivity index (χ0) is 15.9. The van der Waals surface area contributed by atoms with E-state index in [0.29, 0.717) is 11.4 Å². The second-order valence-corrected chi connectivity index (χ2v) is 5.65. The van der Waals surface area contributed by atoms with Gasteiger partial charge >= 0.3 is 0 Å². The Morgan fingerprint density at radius 3 is 3.04 bits per heavy atom. The normalized spacial score (nSPS) is 18.0. The van der Waals surface area contributed by atoms with Gasteiger partial charge in [0, 0.05) is 29.7 Å². The van der Waals surface area contributed by atoms with Gasteiger partial charge in [-0.15, -0.1) is 0 Å². The Labute approximate surface area is 135 Å². The molecule has 1 aliphatic rings. The molecule has 3 N–H and O–H groups in total. The third-order valence-electron chi connectivity index (χ3n) is 3.87. The van der Waals surface area contributed by atoms with Crippen LogP contribution in [0.3, 0.4) is 0 Å². The van der Waals surface area contributed by atoms with Crippen LogP contribution in [-0.2, 0) is 0 Å². The van der Waals surface area contributed by atoms with Crippen LogP contribution in [0, 0.1) is 0 Å². The lowest BCUT2D eigenvalue weighted by atomic mass is 10.1. The van der Waals surface area contributed by atoms with E-state index in [2.05, 4.69) is 25.9 Å². The van der Waals surface area contributed by atoms with Gasteiger partial charge in [-0.05, 0) is 50.6 Å². The third kappa shape index (κ3) is 4.50. The molecule has 0 radical (unpaired) electrons. The van der Waals surface area contributed by atoms with E-state index >= 15 is 0 Å². The number of benzene rings is 1. The highest BCUT2D eigenvalue weighted by atomic mass is 16.1. The van der Waals surface area contributed by atoms with Crippen molar-refractivity contribution in [2.75, 3.05) is 18.4 Å². The molecule has 1 aromatic carbocycles. The number of nitrogens with one attached hydrogen (secondary N) is 3. The maximum Gasteiger partial charge on any atom is 0.251 e. The summed E-state index contributed by atoms with van der Waals surface area (Å²) in [6.07, 6.45) is 7.99. The standard InChI is InChI=1S/C17H21N5O/c23-17(22-14-5-2-7-18-8-6-14)13-3-1-4-15(11-13)21-16-12-19-9-10-20-16/h1,3-4,9-12,14,18H,2,5-8H2,(H,20,21)(H,22,23). The maximum atomic E-state index is 12.4. The summed E-state index contributed by atoms with van der Waals surface area (Å²) < 4.78 is 0. The van der Waals surface area contributed by atoms with Gasteiger partial charge in [0.25, 0.3) is 5.91 Å². The van der Waals surface area contributed by atoms with Crippen LogP contribution in [0.25, 0.3) is 0 Å². The number of hydrogen-bond acceptors (Lipinski definition) is 5. The molecule has 1 fully saturated rings. The van der Waals surface area contributed by atoms with Crippen molar-refractivity contribution in [2.45, 2.75) is 25.3 Å². The van der Waals surface area contributed by atoms with Gasteiger partial charge in [-0.1, -0.05) is 6.07 Å². The highest BCUT2D eigenvalue weighted by Crippen LogP contribution is 2.16. The van der Waals surface area contributed by atoms with Gasteiger partial charge in [-0.25, -0.2) is 4.98 Å². The Balaban J connectivity index is 1.65. The Bertz CT molecular complexity index is 638. The van der Waals surface area contributed by atoms with Gasteiger partial charge < -0.3 is 16.0 Å². The summed E-state index contributed by atoms with van der Waals surface area (Å²) >= 11 is 0. The fourth-order valence-electron chi connectivity index (χ4n) is 2.68. The number of carbonyl (C=O) groups excluding carboxylic acids is 1. The SMILES string of the molecule is O=C(NC1CCCNCC1)c1cccc(Nc2cnccn2)c1. The van der Waals surface area contributed by atoms with Crippen molar-refractivity contribution >= 4 is 17.4 Å². The molecule has 0 spiro atoms. The first kappa shape index (κ1) is 15.4. The molecule has 1 aromatic heterocycles. The zero-order valence-electron chi connectivity index (χ0n) is 13.0. The van der Waals surface area contributed by atoms with E-state index in [0.717, 1.165) is 38.0 Å². The smallest absolute Gasteiger partial charge is 0.251 e. The summed E-state index contributed by atoms with van der Waals surface area (Å²) in [5, 5.41) is 9.63. The van der Waals surface area contributed by atoms with Gasteiger partial charge in [-0.2, -0.15) is 0 Å². The minimum Gasteiger partial charge on any atom is -0.349 e. The molecule has 2 heterocycles. The van der Waals surface area contributed by atoms with Gasteiger partial charge in [0.2, 0.25) is 0 Å². The van der Waals surface area contributed by atoms with Crippen LogP contribution < -0.4 is 16.0 Å². The molecular formula is C17H21N5O. The average Bonchev–Trinajstić information content (AvgIpc) is 2.85. The molecule has 1 unspecified atom stereocenters. The average molecular weight is 311 g/mol. The molecule has 2 aromatic rings. The second kappa shape index (κ2) is 7.69. The van der Waals surface area contributed by atoms with Crippen LogP contribution in [0.15, 0.2) is 42.9 Å². The van der Waals surface area contributed by atoms with Crippen LogP contribution >= 0.6 is 0 Å². The van der Waals surface area contributed by atoms with Crippen molar-refractivity contribution in [3.05, 3.63) is 48.4 Å². The van der Waals surface area contributed by atoms with Crippen molar-refractivity contribution in [1.29, 1.82) is 0 Å². The predicted molar refractivity (Wildman–Crippen MR) is 89.7 cm³/mol. The summed E-state index contributed by atoms with van der Waals surface area (Å²) in [5.41, 5.74) is 1.47. The quantitative estimate of drug-likeness (QED) is 0.806. The van der Waals surface area contributed by atoms with E-state index in [1.165, 1.54) is 0 Å². The first-order valence-electron chi connectivity index (χ1n) is 7.96. The van der Waals surface area contributed by atoms with E-state index in [1.807, 2.05) is 24.3 Å². The number of amides is 1. The van der Waals surface area contributed by atoms with Crippen molar-refractivity contribution in [3.8, 4) is 0 Å². The monoisotopic (exact) mass is 311 g/mol. The number of nitrogens with zero attached hydrogens (tertiary/aromatic N) is 2. The van der Waals surface area contributed by atoms with E-state index in [-0.39, 0.29) is 11.9 Å². The lowest BCUT2D eigenvalue weighted by Crippen LogP contribution is -2.35. The van der Waals surface area contributed by atoms with Crippen LogP contribution in [0.1, 0.15) is 29.6 Å². The van der Waals surface area contributed by atoms with Gasteiger partial charge in [0.05, 0.1) is 6.20 Å². The van der Waals surface area contributed by atoms with Crippen LogP contribution in [0.2, 0.25) is 0 Å². The molecule has 1 aliphatic heterocycles. The minimum absolute atomic E-state index is 0.0281. The second-order valence-electron chi connectivity index (χ2n) is 5.65. The number of aromatic nitrogens is 2. The molecule has 1 saturated heterocycles. The molecule has 120 valence electrons. The number of anilines is 2. The summed E-state index contributed by atoms with van der Waals surface area (Å²) in [6, 6.07) is 7.67. The van der Waals surface area contributed by atoms with E-state index in [9.17, 15) is 4.79 Å². The minimum atomic E-state index is -0.0281. The fourth-order valence-corrected chi connectivity index (χ4v) is 2.68. The Hall–Kier alpha value is -2.47. The highest BCUT2D eigenvalue weighted by molar-refractivity contribution is 5.95. The largest absolute Gasteiger partial charge is 0.349 e. The van der Waals surface area contributed by atoms with Crippen LogP contribution in [-0.4, -0.2) is 35.0 Å². The number of carbonyl (C=O) groups is 1. The molecule has 0 aliphatic carbocycles. The maximum absolute atomic E-state index is 12.4. The van der Waals surface area contributed by atoms with Gasteiger partial charge in [0.15, 0.2) is 0 Å². The lowest BCUT2D eigenvalue weighted by molar-refractivity contribution is 0.0934. The Morgan fingerprint density at radius 2 is 2.17 bits per heavy atom. The van der Waals surface area contributed by atoms with E-state index in [1.54, 1.807) is 18.6 Å². The summed E-state index contributed by atoms with van der Waals surface area (Å²) in [4.78, 5) is 20.6. The third-order valence-corrected chi connectivity index (χ3v) is 3.87. The van der Waals surface area contributed by atoms with Crippen LogP contribution in [0.4, 0.5) is 11.5 Å². The molecule has 1 atom stereocenters. The molecular weight excluding hydrogens is 290 g/mol. The molecule has 6 nitrogen and oxygen atoms in total. The first-order valence-corrected chi connectivity index (χ1v) is 7.96. The molecule has 1 amide bonds. The Morgan fingerprint density at radius 1 is 1.22 bits per heavy atom.